The topological polar surface area (TPSA) is 69.0 Å². The van der Waals surface area contributed by atoms with Gasteiger partial charge in [-0.05, 0) is 42.5 Å². The molecule has 2 atom stereocenters. The minimum absolute atomic E-state index is 0.131. The second-order valence-electron chi connectivity index (χ2n) is 7.56. The molecule has 2 aliphatic rings. The summed E-state index contributed by atoms with van der Waals surface area (Å²) in [4.78, 5) is 17.9. The van der Waals surface area contributed by atoms with Gasteiger partial charge in [0.25, 0.3) is 0 Å². The van der Waals surface area contributed by atoms with Crippen LogP contribution in [0, 0.1) is 6.92 Å². The lowest BCUT2D eigenvalue weighted by atomic mass is 9.78. The summed E-state index contributed by atoms with van der Waals surface area (Å²) in [5, 5.41) is 7.97. The summed E-state index contributed by atoms with van der Waals surface area (Å²) in [6.07, 6.45) is 1.25. The van der Waals surface area contributed by atoms with E-state index >= 15 is 0 Å². The minimum Gasteiger partial charge on any atom is -0.497 e. The van der Waals surface area contributed by atoms with Gasteiger partial charge >= 0.3 is 0 Å². The van der Waals surface area contributed by atoms with Crippen LogP contribution in [0.4, 0.5) is 5.95 Å². The number of nitrogens with one attached hydrogen (secondary N) is 1. The van der Waals surface area contributed by atoms with Gasteiger partial charge in [-0.25, -0.2) is 4.68 Å². The molecule has 0 unspecified atom stereocenters. The SMILES string of the molecule is COc1ccc([C@@H]2CC(=O)C3=C(C2)Nc2nc(C)nn2[C@H]3c2ccccc2)cc1. The minimum atomic E-state index is -0.243. The average molecular weight is 386 g/mol. The summed E-state index contributed by atoms with van der Waals surface area (Å²) in [6, 6.07) is 17.8. The third-order valence-electron chi connectivity index (χ3n) is 5.73. The van der Waals surface area contributed by atoms with E-state index in [0.717, 1.165) is 34.6 Å². The number of rotatable bonds is 3. The van der Waals surface area contributed by atoms with Gasteiger partial charge in [-0.3, -0.25) is 4.79 Å². The van der Waals surface area contributed by atoms with Crippen molar-refractivity contribution < 1.29 is 9.53 Å². The van der Waals surface area contributed by atoms with Gasteiger partial charge in [0.05, 0.1) is 7.11 Å². The molecule has 1 aromatic heterocycles. The lowest BCUT2D eigenvalue weighted by molar-refractivity contribution is -0.116. The Labute approximate surface area is 169 Å². The molecule has 3 aromatic rings. The van der Waals surface area contributed by atoms with E-state index in [1.54, 1.807) is 7.11 Å². The number of aryl methyl sites for hydroxylation is 1. The number of ether oxygens (including phenoxy) is 1. The number of carbonyl (C=O) groups is 1. The van der Waals surface area contributed by atoms with Crippen LogP contribution in [0.5, 0.6) is 5.75 Å². The fourth-order valence-corrected chi connectivity index (χ4v) is 4.37. The molecule has 6 heteroatoms. The van der Waals surface area contributed by atoms with Crippen molar-refractivity contribution in [3.05, 3.63) is 82.8 Å². The first-order chi connectivity index (χ1) is 14.1. The van der Waals surface area contributed by atoms with E-state index in [9.17, 15) is 4.79 Å². The van der Waals surface area contributed by atoms with Crippen molar-refractivity contribution in [2.75, 3.05) is 12.4 Å². The van der Waals surface area contributed by atoms with Crippen LogP contribution in [-0.2, 0) is 4.79 Å². The Balaban J connectivity index is 1.57. The molecule has 0 fully saturated rings. The van der Waals surface area contributed by atoms with Crippen LogP contribution in [0.15, 0.2) is 65.9 Å². The average Bonchev–Trinajstić information content (AvgIpc) is 3.12. The number of fused-ring (bicyclic) bond motifs is 1. The third kappa shape index (κ3) is 3.01. The summed E-state index contributed by atoms with van der Waals surface area (Å²) in [6.45, 7) is 1.87. The molecular formula is C23H22N4O2. The molecular weight excluding hydrogens is 364 g/mol. The predicted molar refractivity (Wildman–Crippen MR) is 110 cm³/mol. The maximum Gasteiger partial charge on any atom is 0.226 e. The van der Waals surface area contributed by atoms with Crippen molar-refractivity contribution >= 4 is 11.7 Å². The maximum atomic E-state index is 13.4. The van der Waals surface area contributed by atoms with E-state index in [4.69, 9.17) is 4.74 Å². The molecule has 29 heavy (non-hydrogen) atoms. The van der Waals surface area contributed by atoms with Gasteiger partial charge < -0.3 is 10.1 Å². The Morgan fingerprint density at radius 2 is 1.79 bits per heavy atom. The van der Waals surface area contributed by atoms with Crippen LogP contribution in [-0.4, -0.2) is 27.7 Å². The Kier molecular flexibility index (Phi) is 4.19. The zero-order valence-electron chi connectivity index (χ0n) is 16.4. The number of aromatic nitrogens is 3. The van der Waals surface area contributed by atoms with Gasteiger partial charge in [-0.15, -0.1) is 0 Å². The number of hydrogen-bond acceptors (Lipinski definition) is 5. The zero-order valence-corrected chi connectivity index (χ0v) is 16.4. The predicted octanol–water partition coefficient (Wildman–Crippen LogP) is 4.01. The number of allylic oxidation sites excluding steroid dienone is 2. The molecule has 0 bridgehead atoms. The second-order valence-corrected chi connectivity index (χ2v) is 7.56. The van der Waals surface area contributed by atoms with Gasteiger partial charge in [0.15, 0.2) is 5.78 Å². The van der Waals surface area contributed by atoms with Gasteiger partial charge in [-0.1, -0.05) is 42.5 Å². The number of anilines is 1. The van der Waals surface area contributed by atoms with E-state index in [-0.39, 0.29) is 17.7 Å². The van der Waals surface area contributed by atoms with E-state index in [2.05, 4.69) is 15.4 Å². The molecule has 0 radical (unpaired) electrons. The van der Waals surface area contributed by atoms with Crippen molar-refractivity contribution in [3.8, 4) is 5.75 Å². The van der Waals surface area contributed by atoms with Gasteiger partial charge in [0, 0.05) is 17.7 Å². The normalized spacial score (nSPS) is 20.7. The summed E-state index contributed by atoms with van der Waals surface area (Å²) >= 11 is 0. The lowest BCUT2D eigenvalue weighted by Gasteiger charge is -2.35. The standard InChI is InChI=1S/C23H22N4O2/c1-14-24-23-25-19-12-17(15-8-10-18(29-2)11-9-15)13-20(28)21(19)22(27(23)26-14)16-6-4-3-5-7-16/h3-11,17,22H,12-13H2,1-2H3,(H,24,25,26)/t17-,22-/m0/s1. The lowest BCUT2D eigenvalue weighted by Crippen LogP contribution is -2.33. The number of ketones is 1. The van der Waals surface area contributed by atoms with Crippen molar-refractivity contribution in [1.82, 2.24) is 14.8 Å². The number of methoxy groups -OCH3 is 1. The largest absolute Gasteiger partial charge is 0.497 e. The van der Waals surface area contributed by atoms with Crippen LogP contribution >= 0.6 is 0 Å². The van der Waals surface area contributed by atoms with E-state index in [0.29, 0.717) is 18.2 Å². The molecule has 1 aliphatic carbocycles. The summed E-state index contributed by atoms with van der Waals surface area (Å²) in [5.41, 5.74) is 3.95. The molecule has 0 spiro atoms. The molecule has 0 saturated carbocycles. The molecule has 0 saturated heterocycles. The van der Waals surface area contributed by atoms with Gasteiger partial charge in [0.2, 0.25) is 5.95 Å². The van der Waals surface area contributed by atoms with Crippen molar-refractivity contribution in [1.29, 1.82) is 0 Å². The van der Waals surface area contributed by atoms with Crippen molar-refractivity contribution in [2.24, 2.45) is 0 Å². The van der Waals surface area contributed by atoms with Crippen LogP contribution in [0.2, 0.25) is 0 Å². The van der Waals surface area contributed by atoms with E-state index < -0.39 is 0 Å². The van der Waals surface area contributed by atoms with E-state index in [1.807, 2.05) is 66.2 Å². The van der Waals surface area contributed by atoms with Crippen LogP contribution in [0.1, 0.15) is 41.8 Å². The molecule has 146 valence electrons. The third-order valence-corrected chi connectivity index (χ3v) is 5.73. The first-order valence-corrected chi connectivity index (χ1v) is 9.79. The highest BCUT2D eigenvalue weighted by Gasteiger charge is 2.39. The number of nitrogens with zero attached hydrogens (tertiary/aromatic N) is 3. The van der Waals surface area contributed by atoms with Gasteiger partial charge in [0.1, 0.15) is 17.6 Å². The van der Waals surface area contributed by atoms with E-state index in [1.165, 1.54) is 0 Å². The number of hydrogen-bond donors (Lipinski definition) is 1. The maximum absolute atomic E-state index is 13.4. The zero-order chi connectivity index (χ0) is 20.0. The molecule has 0 amide bonds. The molecule has 2 heterocycles. The fraction of sp³-hybridized carbons (Fsp3) is 0.261. The first-order valence-electron chi connectivity index (χ1n) is 9.79. The van der Waals surface area contributed by atoms with Crippen molar-refractivity contribution in [3.63, 3.8) is 0 Å². The number of benzene rings is 2. The molecule has 6 nitrogen and oxygen atoms in total. The monoisotopic (exact) mass is 386 g/mol. The molecule has 5 rings (SSSR count). The molecule has 2 aromatic carbocycles. The highest BCUT2D eigenvalue weighted by atomic mass is 16.5. The fourth-order valence-electron chi connectivity index (χ4n) is 4.37. The smallest absolute Gasteiger partial charge is 0.226 e. The van der Waals surface area contributed by atoms with Gasteiger partial charge in [-0.2, -0.15) is 10.1 Å². The summed E-state index contributed by atoms with van der Waals surface area (Å²) in [7, 11) is 1.66. The Hall–Kier alpha value is -3.41. The summed E-state index contributed by atoms with van der Waals surface area (Å²) < 4.78 is 7.10. The molecule has 1 N–H and O–H groups in total. The van der Waals surface area contributed by atoms with Crippen LogP contribution < -0.4 is 10.1 Å². The number of carbonyl (C=O) groups excluding carboxylic acids is 1. The highest BCUT2D eigenvalue weighted by molar-refractivity contribution is 6.00. The summed E-state index contributed by atoms with van der Waals surface area (Å²) in [5.74, 6) is 2.49. The van der Waals surface area contributed by atoms with Crippen molar-refractivity contribution in [2.45, 2.75) is 31.7 Å². The number of Topliss-reactive ketones (excluding diaryl/α,β-unsaturated/α-hetero) is 1. The Morgan fingerprint density at radius 3 is 2.52 bits per heavy atom. The van der Waals surface area contributed by atoms with Crippen LogP contribution in [0.25, 0.3) is 0 Å². The van der Waals surface area contributed by atoms with Crippen LogP contribution in [0.3, 0.4) is 0 Å². The molecule has 1 aliphatic heterocycles. The Bertz CT molecular complexity index is 1100. The quantitative estimate of drug-likeness (QED) is 0.737. The highest BCUT2D eigenvalue weighted by Crippen LogP contribution is 2.44. The Morgan fingerprint density at radius 1 is 1.03 bits per heavy atom. The second kappa shape index (κ2) is 6.88. The first kappa shape index (κ1) is 17.7.